The largest absolute Gasteiger partial charge is 0.290 e. The highest BCUT2D eigenvalue weighted by Crippen LogP contribution is 2.32. The minimum absolute atomic E-state index is 0.496. The molecule has 4 heteroatoms. The Hall–Kier alpha value is -1.68. The highest BCUT2D eigenvalue weighted by Gasteiger charge is 2.26. The van der Waals surface area contributed by atoms with Crippen LogP contribution in [-0.4, -0.2) is 26.6 Å². The number of aromatic amines is 1. The van der Waals surface area contributed by atoms with Gasteiger partial charge in [0, 0.05) is 30.7 Å². The van der Waals surface area contributed by atoms with Crippen LogP contribution < -0.4 is 0 Å². The Morgan fingerprint density at radius 3 is 3.17 bits per heavy atom. The Labute approximate surface area is 107 Å². The zero-order valence-corrected chi connectivity index (χ0v) is 10.6. The third kappa shape index (κ3) is 2.29. The first-order valence-electron chi connectivity index (χ1n) is 6.48. The minimum atomic E-state index is 0.496. The average molecular weight is 242 g/mol. The van der Waals surface area contributed by atoms with Crippen LogP contribution in [0.5, 0.6) is 0 Å². The number of rotatable bonds is 3. The molecule has 3 rings (SSSR count). The van der Waals surface area contributed by atoms with Gasteiger partial charge in [-0.15, -0.1) is 0 Å². The Bertz CT molecular complexity index is 506. The second kappa shape index (κ2) is 4.90. The highest BCUT2D eigenvalue weighted by atomic mass is 15.2. The number of hydrogen-bond acceptors (Lipinski definition) is 3. The lowest BCUT2D eigenvalue weighted by Gasteiger charge is -2.23. The summed E-state index contributed by atoms with van der Waals surface area (Å²) in [5.74, 6) is 0. The summed E-state index contributed by atoms with van der Waals surface area (Å²) in [5.41, 5.74) is 3.58. The molecule has 0 aliphatic carbocycles. The van der Waals surface area contributed by atoms with E-state index in [1.165, 1.54) is 18.4 Å². The van der Waals surface area contributed by atoms with Crippen molar-refractivity contribution in [2.75, 3.05) is 6.54 Å². The highest BCUT2D eigenvalue weighted by molar-refractivity contribution is 5.16. The van der Waals surface area contributed by atoms with Crippen molar-refractivity contribution < 1.29 is 0 Å². The molecule has 0 saturated carbocycles. The van der Waals surface area contributed by atoms with Crippen molar-refractivity contribution >= 4 is 0 Å². The number of likely N-dealkylation sites (tertiary alicyclic amines) is 1. The zero-order valence-electron chi connectivity index (χ0n) is 10.6. The molecule has 1 atom stereocenters. The van der Waals surface area contributed by atoms with Crippen LogP contribution in [0.25, 0.3) is 0 Å². The van der Waals surface area contributed by atoms with Gasteiger partial charge in [-0.2, -0.15) is 5.10 Å². The number of pyridine rings is 1. The summed E-state index contributed by atoms with van der Waals surface area (Å²) in [5, 5.41) is 7.33. The molecule has 0 radical (unpaired) electrons. The molecule has 4 nitrogen and oxygen atoms in total. The standard InChI is InChI=1S/C14H18N4/c1-11-8-13(17-16-11)10-18-7-3-5-14(18)12-4-2-6-15-9-12/h2,4,6,8-9,14H,3,5,7,10H2,1H3,(H,16,17). The van der Waals surface area contributed by atoms with Crippen LogP contribution >= 0.6 is 0 Å². The summed E-state index contributed by atoms with van der Waals surface area (Å²) >= 11 is 0. The number of nitrogens with zero attached hydrogens (tertiary/aromatic N) is 3. The lowest BCUT2D eigenvalue weighted by molar-refractivity contribution is 0.245. The van der Waals surface area contributed by atoms with Gasteiger partial charge >= 0.3 is 0 Å². The van der Waals surface area contributed by atoms with Crippen LogP contribution in [0.15, 0.2) is 30.6 Å². The van der Waals surface area contributed by atoms with Gasteiger partial charge in [0.2, 0.25) is 0 Å². The Morgan fingerprint density at radius 2 is 2.44 bits per heavy atom. The van der Waals surface area contributed by atoms with E-state index in [2.05, 4.69) is 32.2 Å². The molecule has 1 aliphatic rings. The van der Waals surface area contributed by atoms with Crippen LogP contribution in [0.3, 0.4) is 0 Å². The number of aryl methyl sites for hydroxylation is 1. The molecule has 3 heterocycles. The quantitative estimate of drug-likeness (QED) is 0.899. The minimum Gasteiger partial charge on any atom is -0.290 e. The summed E-state index contributed by atoms with van der Waals surface area (Å²) in [4.78, 5) is 6.72. The zero-order chi connectivity index (χ0) is 12.4. The molecule has 1 saturated heterocycles. The third-order valence-electron chi connectivity index (χ3n) is 3.56. The maximum absolute atomic E-state index is 4.33. The third-order valence-corrected chi connectivity index (χ3v) is 3.56. The van der Waals surface area contributed by atoms with Crippen LogP contribution in [-0.2, 0) is 6.54 Å². The van der Waals surface area contributed by atoms with E-state index in [-0.39, 0.29) is 0 Å². The SMILES string of the molecule is Cc1cc(CN2CCCC2c2cccnc2)n[nH]1. The van der Waals surface area contributed by atoms with E-state index in [1.807, 2.05) is 25.4 Å². The number of nitrogens with one attached hydrogen (secondary N) is 1. The smallest absolute Gasteiger partial charge is 0.0765 e. The van der Waals surface area contributed by atoms with E-state index < -0.39 is 0 Å². The van der Waals surface area contributed by atoms with Crippen molar-refractivity contribution in [3.63, 3.8) is 0 Å². The van der Waals surface area contributed by atoms with Crippen molar-refractivity contribution in [2.24, 2.45) is 0 Å². The Morgan fingerprint density at radius 1 is 1.50 bits per heavy atom. The van der Waals surface area contributed by atoms with Gasteiger partial charge in [0.05, 0.1) is 5.69 Å². The van der Waals surface area contributed by atoms with Gasteiger partial charge in [0.25, 0.3) is 0 Å². The summed E-state index contributed by atoms with van der Waals surface area (Å²) < 4.78 is 0. The lowest BCUT2D eigenvalue weighted by atomic mass is 10.1. The summed E-state index contributed by atoms with van der Waals surface area (Å²) in [6.45, 7) is 4.11. The van der Waals surface area contributed by atoms with Crippen LogP contribution in [0.2, 0.25) is 0 Å². The van der Waals surface area contributed by atoms with E-state index in [9.17, 15) is 0 Å². The molecule has 0 bridgehead atoms. The van der Waals surface area contributed by atoms with Gasteiger partial charge < -0.3 is 0 Å². The number of hydrogen-bond donors (Lipinski definition) is 1. The van der Waals surface area contributed by atoms with Gasteiger partial charge in [-0.3, -0.25) is 15.0 Å². The molecule has 94 valence electrons. The van der Waals surface area contributed by atoms with Crippen LogP contribution in [0, 0.1) is 6.92 Å². The Balaban J connectivity index is 1.75. The predicted octanol–water partition coefficient (Wildman–Crippen LogP) is 2.45. The molecular formula is C14H18N4. The maximum atomic E-state index is 4.33. The van der Waals surface area contributed by atoms with Crippen molar-refractivity contribution in [1.29, 1.82) is 0 Å². The van der Waals surface area contributed by atoms with Gasteiger partial charge in [0.1, 0.15) is 0 Å². The van der Waals surface area contributed by atoms with E-state index >= 15 is 0 Å². The predicted molar refractivity (Wildman–Crippen MR) is 69.9 cm³/mol. The number of aromatic nitrogens is 3. The molecule has 1 N–H and O–H groups in total. The normalized spacial score (nSPS) is 20.4. The molecule has 2 aromatic rings. The van der Waals surface area contributed by atoms with Crippen molar-refractivity contribution in [3.8, 4) is 0 Å². The Kier molecular flexibility index (Phi) is 3.11. The molecule has 0 aromatic carbocycles. The average Bonchev–Trinajstić information content (AvgIpc) is 3.00. The van der Waals surface area contributed by atoms with Gasteiger partial charge in [-0.05, 0) is 44.0 Å². The second-order valence-corrected chi connectivity index (χ2v) is 4.96. The first-order valence-corrected chi connectivity index (χ1v) is 6.48. The first kappa shape index (κ1) is 11.4. The summed E-state index contributed by atoms with van der Waals surface area (Å²) in [6.07, 6.45) is 6.29. The monoisotopic (exact) mass is 242 g/mol. The molecular weight excluding hydrogens is 224 g/mol. The molecule has 0 amide bonds. The molecule has 1 aliphatic heterocycles. The number of H-pyrrole nitrogens is 1. The van der Waals surface area contributed by atoms with E-state index in [1.54, 1.807) is 0 Å². The van der Waals surface area contributed by atoms with Crippen molar-refractivity contribution in [2.45, 2.75) is 32.4 Å². The fourth-order valence-electron chi connectivity index (χ4n) is 2.73. The van der Waals surface area contributed by atoms with Gasteiger partial charge in [-0.1, -0.05) is 6.07 Å². The molecule has 1 fully saturated rings. The summed E-state index contributed by atoms with van der Waals surface area (Å²) in [7, 11) is 0. The first-order chi connectivity index (χ1) is 8.83. The fourth-order valence-corrected chi connectivity index (χ4v) is 2.73. The van der Waals surface area contributed by atoms with Gasteiger partial charge in [0.15, 0.2) is 0 Å². The molecule has 0 spiro atoms. The second-order valence-electron chi connectivity index (χ2n) is 4.96. The van der Waals surface area contributed by atoms with E-state index in [0.717, 1.165) is 24.5 Å². The van der Waals surface area contributed by atoms with E-state index in [0.29, 0.717) is 6.04 Å². The lowest BCUT2D eigenvalue weighted by Crippen LogP contribution is -2.23. The fraction of sp³-hybridized carbons (Fsp3) is 0.429. The maximum Gasteiger partial charge on any atom is 0.0765 e. The molecule has 18 heavy (non-hydrogen) atoms. The van der Waals surface area contributed by atoms with Crippen molar-refractivity contribution in [1.82, 2.24) is 20.1 Å². The topological polar surface area (TPSA) is 44.8 Å². The van der Waals surface area contributed by atoms with Crippen molar-refractivity contribution in [3.05, 3.63) is 47.5 Å². The van der Waals surface area contributed by atoms with E-state index in [4.69, 9.17) is 0 Å². The van der Waals surface area contributed by atoms with Gasteiger partial charge in [-0.25, -0.2) is 0 Å². The van der Waals surface area contributed by atoms with Crippen LogP contribution in [0.1, 0.15) is 35.8 Å². The summed E-state index contributed by atoms with van der Waals surface area (Å²) in [6, 6.07) is 6.81. The van der Waals surface area contributed by atoms with Crippen LogP contribution in [0.4, 0.5) is 0 Å². The molecule has 2 aromatic heterocycles. The molecule has 1 unspecified atom stereocenters.